The monoisotopic (exact) mass is 249 g/mol. The van der Waals surface area contributed by atoms with Gasteiger partial charge in [0.1, 0.15) is 5.82 Å². The minimum atomic E-state index is 0.704. The lowest BCUT2D eigenvalue weighted by Crippen LogP contribution is -2.34. The Balaban J connectivity index is 1.81. The van der Waals surface area contributed by atoms with E-state index in [0.29, 0.717) is 6.04 Å². The minimum Gasteiger partial charge on any atom is -0.334 e. The Morgan fingerprint density at radius 2 is 2.28 bits per heavy atom. The molecule has 1 aromatic rings. The molecule has 18 heavy (non-hydrogen) atoms. The van der Waals surface area contributed by atoms with Crippen molar-refractivity contribution in [1.82, 2.24) is 14.9 Å². The molecule has 0 aliphatic heterocycles. The first-order valence-corrected chi connectivity index (χ1v) is 7.56. The van der Waals surface area contributed by atoms with Gasteiger partial charge in [0.05, 0.1) is 6.54 Å². The Morgan fingerprint density at radius 1 is 1.39 bits per heavy atom. The molecule has 2 atom stereocenters. The van der Waals surface area contributed by atoms with Crippen LogP contribution in [0.3, 0.4) is 0 Å². The Labute approximate surface area is 111 Å². The molecular formula is C15H27N3. The second-order valence-electron chi connectivity index (χ2n) is 5.56. The predicted molar refractivity (Wildman–Crippen MR) is 75.4 cm³/mol. The summed E-state index contributed by atoms with van der Waals surface area (Å²) in [5.74, 6) is 2.13. The van der Waals surface area contributed by atoms with Crippen molar-refractivity contribution in [2.75, 3.05) is 0 Å². The van der Waals surface area contributed by atoms with Crippen LogP contribution in [0.25, 0.3) is 0 Å². The minimum absolute atomic E-state index is 0.704. The van der Waals surface area contributed by atoms with Crippen molar-refractivity contribution in [1.29, 1.82) is 0 Å². The van der Waals surface area contributed by atoms with E-state index in [1.807, 2.05) is 6.20 Å². The third-order valence-electron chi connectivity index (χ3n) is 4.18. The smallest absolute Gasteiger partial charge is 0.122 e. The number of aromatic nitrogens is 2. The second-order valence-corrected chi connectivity index (χ2v) is 5.56. The van der Waals surface area contributed by atoms with Gasteiger partial charge >= 0.3 is 0 Å². The summed E-state index contributed by atoms with van der Waals surface area (Å²) in [6.45, 7) is 6.54. The molecule has 0 bridgehead atoms. The van der Waals surface area contributed by atoms with Crippen molar-refractivity contribution < 1.29 is 0 Å². The highest BCUT2D eigenvalue weighted by molar-refractivity contribution is 4.93. The summed E-state index contributed by atoms with van der Waals surface area (Å²) in [6.07, 6.45) is 12.0. The fraction of sp³-hybridized carbons (Fsp3) is 0.800. The van der Waals surface area contributed by atoms with E-state index in [0.717, 1.165) is 19.0 Å². The highest BCUT2D eigenvalue weighted by atomic mass is 15.1. The largest absolute Gasteiger partial charge is 0.334 e. The van der Waals surface area contributed by atoms with Gasteiger partial charge in [-0.25, -0.2) is 4.98 Å². The molecule has 0 spiro atoms. The lowest BCUT2D eigenvalue weighted by Gasteiger charge is -2.29. The van der Waals surface area contributed by atoms with E-state index in [1.54, 1.807) is 0 Å². The van der Waals surface area contributed by atoms with Crippen molar-refractivity contribution in [3.05, 3.63) is 18.2 Å². The van der Waals surface area contributed by atoms with Crippen molar-refractivity contribution >= 4 is 0 Å². The zero-order valence-corrected chi connectivity index (χ0v) is 11.9. The topological polar surface area (TPSA) is 29.9 Å². The van der Waals surface area contributed by atoms with Gasteiger partial charge in [-0.15, -0.1) is 0 Å². The molecule has 102 valence electrons. The molecular weight excluding hydrogens is 222 g/mol. The number of nitrogens with zero attached hydrogens (tertiary/aromatic N) is 2. The van der Waals surface area contributed by atoms with E-state index < -0.39 is 0 Å². The Hall–Kier alpha value is -0.830. The van der Waals surface area contributed by atoms with E-state index in [9.17, 15) is 0 Å². The van der Waals surface area contributed by atoms with Gasteiger partial charge in [0, 0.05) is 25.0 Å². The van der Waals surface area contributed by atoms with Gasteiger partial charge in [-0.1, -0.05) is 33.1 Å². The molecule has 1 aliphatic carbocycles. The van der Waals surface area contributed by atoms with Crippen LogP contribution < -0.4 is 5.32 Å². The molecule has 3 heteroatoms. The first-order valence-electron chi connectivity index (χ1n) is 7.56. The Kier molecular flexibility index (Phi) is 5.24. The van der Waals surface area contributed by atoms with E-state index >= 15 is 0 Å². The molecule has 1 aliphatic rings. The number of aryl methyl sites for hydroxylation is 1. The van der Waals surface area contributed by atoms with Gasteiger partial charge in [-0.2, -0.15) is 0 Å². The molecule has 1 aromatic heterocycles. The summed E-state index contributed by atoms with van der Waals surface area (Å²) in [5.41, 5.74) is 0. The van der Waals surface area contributed by atoms with Gasteiger partial charge in [-0.3, -0.25) is 0 Å². The quantitative estimate of drug-likeness (QED) is 0.838. The van der Waals surface area contributed by atoms with Crippen LogP contribution in [0.5, 0.6) is 0 Å². The highest BCUT2D eigenvalue weighted by Gasteiger charge is 2.20. The van der Waals surface area contributed by atoms with Crippen molar-refractivity contribution in [3.8, 4) is 0 Å². The Bertz CT molecular complexity index is 345. The maximum absolute atomic E-state index is 4.46. The summed E-state index contributed by atoms with van der Waals surface area (Å²) >= 11 is 0. The Morgan fingerprint density at radius 3 is 3.06 bits per heavy atom. The zero-order valence-electron chi connectivity index (χ0n) is 11.9. The van der Waals surface area contributed by atoms with Gasteiger partial charge in [0.15, 0.2) is 0 Å². The van der Waals surface area contributed by atoms with Crippen molar-refractivity contribution in [2.45, 2.75) is 71.5 Å². The maximum atomic E-state index is 4.46. The van der Waals surface area contributed by atoms with Crippen LogP contribution in [0.2, 0.25) is 0 Å². The molecule has 1 fully saturated rings. The summed E-state index contributed by atoms with van der Waals surface area (Å²) in [6, 6.07) is 0.704. The summed E-state index contributed by atoms with van der Waals surface area (Å²) < 4.78 is 2.27. The highest BCUT2D eigenvalue weighted by Crippen LogP contribution is 2.26. The number of nitrogens with one attached hydrogen (secondary N) is 1. The van der Waals surface area contributed by atoms with Crippen LogP contribution in [0, 0.1) is 5.92 Å². The maximum Gasteiger partial charge on any atom is 0.122 e. The molecule has 3 nitrogen and oxygen atoms in total. The third kappa shape index (κ3) is 3.58. The lowest BCUT2D eigenvalue weighted by molar-refractivity contribution is 0.276. The molecule has 0 aromatic carbocycles. The summed E-state index contributed by atoms with van der Waals surface area (Å²) in [4.78, 5) is 4.46. The van der Waals surface area contributed by atoms with Gasteiger partial charge in [0.25, 0.3) is 0 Å². The average Bonchev–Trinajstić information content (AvgIpc) is 2.85. The summed E-state index contributed by atoms with van der Waals surface area (Å²) in [7, 11) is 0. The van der Waals surface area contributed by atoms with Crippen LogP contribution >= 0.6 is 0 Å². The van der Waals surface area contributed by atoms with Crippen LogP contribution in [0.1, 0.15) is 58.2 Å². The third-order valence-corrected chi connectivity index (χ3v) is 4.18. The van der Waals surface area contributed by atoms with Gasteiger partial charge in [0.2, 0.25) is 0 Å². The van der Waals surface area contributed by atoms with E-state index in [4.69, 9.17) is 0 Å². The average molecular weight is 249 g/mol. The van der Waals surface area contributed by atoms with Gasteiger partial charge in [-0.05, 0) is 25.2 Å². The normalized spacial score (nSPS) is 24.3. The van der Waals surface area contributed by atoms with Crippen LogP contribution in [-0.4, -0.2) is 15.6 Å². The van der Waals surface area contributed by atoms with Gasteiger partial charge < -0.3 is 9.88 Å². The summed E-state index contributed by atoms with van der Waals surface area (Å²) in [5, 5.41) is 3.70. The number of rotatable bonds is 6. The van der Waals surface area contributed by atoms with E-state index in [1.165, 1.54) is 44.3 Å². The van der Waals surface area contributed by atoms with Crippen molar-refractivity contribution in [2.24, 2.45) is 5.92 Å². The van der Waals surface area contributed by atoms with Crippen molar-refractivity contribution in [3.63, 3.8) is 0 Å². The number of hydrogen-bond donors (Lipinski definition) is 1. The van der Waals surface area contributed by atoms with Crippen LogP contribution in [0.4, 0.5) is 0 Å². The molecule has 0 amide bonds. The molecule has 1 N–H and O–H groups in total. The fourth-order valence-electron chi connectivity index (χ4n) is 3.03. The van der Waals surface area contributed by atoms with E-state index in [-0.39, 0.29) is 0 Å². The molecule has 0 saturated heterocycles. The second kappa shape index (κ2) is 6.93. The number of imidazole rings is 1. The lowest BCUT2D eigenvalue weighted by atomic mass is 9.84. The first kappa shape index (κ1) is 13.6. The molecule has 2 rings (SSSR count). The standard InChI is InChI=1S/C15H27N3/c1-3-9-18-10-8-16-15(18)12-17-14-7-5-6-13(4-2)11-14/h8,10,13-14,17H,3-7,9,11-12H2,1-2H3. The van der Waals surface area contributed by atoms with Crippen LogP contribution in [-0.2, 0) is 13.1 Å². The fourth-order valence-corrected chi connectivity index (χ4v) is 3.03. The molecule has 1 saturated carbocycles. The SMILES string of the molecule is CCCn1ccnc1CNC1CCCC(CC)C1. The first-order chi connectivity index (χ1) is 8.83. The van der Waals surface area contributed by atoms with E-state index in [2.05, 4.69) is 34.9 Å². The molecule has 0 radical (unpaired) electrons. The molecule has 1 heterocycles. The zero-order chi connectivity index (χ0) is 12.8. The van der Waals surface area contributed by atoms with Crippen LogP contribution in [0.15, 0.2) is 12.4 Å². The number of hydrogen-bond acceptors (Lipinski definition) is 2. The molecule has 2 unspecified atom stereocenters. The predicted octanol–water partition coefficient (Wildman–Crippen LogP) is 3.35.